The molecule has 17 heavy (non-hydrogen) atoms. The molecule has 0 saturated carbocycles. The zero-order valence-electron chi connectivity index (χ0n) is 10.9. The first-order chi connectivity index (χ1) is 8.01. The third-order valence-electron chi connectivity index (χ3n) is 3.46. The van der Waals surface area contributed by atoms with Crippen molar-refractivity contribution in [2.75, 3.05) is 20.3 Å². The predicted octanol–water partition coefficient (Wildman–Crippen LogP) is 0.596. The maximum atomic E-state index is 10.8. The third kappa shape index (κ3) is 3.40. The van der Waals surface area contributed by atoms with E-state index in [1.165, 1.54) is 6.92 Å². The Kier molecular flexibility index (Phi) is 5.36. The molecule has 0 aromatic heterocycles. The number of esters is 1. The van der Waals surface area contributed by atoms with Crippen molar-refractivity contribution >= 4 is 5.97 Å². The van der Waals surface area contributed by atoms with Gasteiger partial charge in [-0.1, -0.05) is 13.8 Å². The van der Waals surface area contributed by atoms with Gasteiger partial charge in [0, 0.05) is 25.9 Å². The summed E-state index contributed by atoms with van der Waals surface area (Å²) in [7, 11) is 1.65. The Morgan fingerprint density at radius 3 is 2.35 bits per heavy atom. The lowest BCUT2D eigenvalue weighted by molar-refractivity contribution is -0.198. The Balaban J connectivity index is 2.67. The summed E-state index contributed by atoms with van der Waals surface area (Å²) in [6, 6.07) is 0. The van der Waals surface area contributed by atoms with Crippen LogP contribution < -0.4 is 0 Å². The van der Waals surface area contributed by atoms with Gasteiger partial charge in [0.1, 0.15) is 6.61 Å². The van der Waals surface area contributed by atoms with Crippen LogP contribution in [0, 0.1) is 11.8 Å². The van der Waals surface area contributed by atoms with Crippen molar-refractivity contribution in [3.8, 4) is 0 Å². The summed E-state index contributed by atoms with van der Waals surface area (Å²) in [5.74, 6) is -0.0836. The van der Waals surface area contributed by atoms with Crippen LogP contribution in [0.3, 0.4) is 0 Å². The molecule has 5 atom stereocenters. The first-order valence-electron chi connectivity index (χ1n) is 5.93. The molecule has 0 unspecified atom stereocenters. The lowest BCUT2D eigenvalue weighted by atomic mass is 9.83. The van der Waals surface area contributed by atoms with Gasteiger partial charge < -0.3 is 19.3 Å². The molecule has 0 aromatic carbocycles. The quantitative estimate of drug-likeness (QED) is 0.736. The Morgan fingerprint density at radius 2 is 1.88 bits per heavy atom. The van der Waals surface area contributed by atoms with Crippen molar-refractivity contribution in [2.24, 2.45) is 11.8 Å². The molecule has 100 valence electrons. The van der Waals surface area contributed by atoms with Crippen LogP contribution in [-0.2, 0) is 19.0 Å². The number of hydrogen-bond acceptors (Lipinski definition) is 5. The molecule has 1 fully saturated rings. The van der Waals surface area contributed by atoms with E-state index in [4.69, 9.17) is 14.2 Å². The summed E-state index contributed by atoms with van der Waals surface area (Å²) >= 11 is 0. The number of ether oxygens (including phenoxy) is 3. The Hall–Kier alpha value is -0.650. The largest absolute Gasteiger partial charge is 0.463 e. The Morgan fingerprint density at radius 1 is 1.29 bits per heavy atom. The molecule has 1 aliphatic rings. The van der Waals surface area contributed by atoms with E-state index in [1.807, 2.05) is 13.8 Å². The van der Waals surface area contributed by atoms with Crippen LogP contribution >= 0.6 is 0 Å². The van der Waals surface area contributed by atoms with E-state index >= 15 is 0 Å². The highest BCUT2D eigenvalue weighted by molar-refractivity contribution is 5.65. The minimum absolute atomic E-state index is 0.00135. The second kappa shape index (κ2) is 6.33. The lowest BCUT2D eigenvalue weighted by Crippen LogP contribution is -2.52. The molecule has 0 spiro atoms. The smallest absolute Gasteiger partial charge is 0.302 e. The minimum atomic E-state index is -0.325. The summed E-state index contributed by atoms with van der Waals surface area (Å²) < 4.78 is 16.2. The van der Waals surface area contributed by atoms with Gasteiger partial charge in [0.15, 0.2) is 0 Å². The van der Waals surface area contributed by atoms with Crippen molar-refractivity contribution < 1.29 is 24.1 Å². The summed E-state index contributed by atoms with van der Waals surface area (Å²) in [6.07, 6.45) is -0.490. The van der Waals surface area contributed by atoms with Crippen LogP contribution in [0.15, 0.2) is 0 Å². The van der Waals surface area contributed by atoms with E-state index in [2.05, 4.69) is 0 Å². The molecule has 1 N–H and O–H groups in total. The van der Waals surface area contributed by atoms with E-state index in [1.54, 1.807) is 7.11 Å². The number of rotatable bonds is 4. The molecule has 1 aliphatic heterocycles. The standard InChI is InChI=1S/C12H22O5/c1-7-10(5-13)17-11(6-16-9(3)14)8(2)12(7)15-4/h7-8,10-13H,5-6H2,1-4H3/t7-,8+,10+,11-,12+/m1/s1. The average Bonchev–Trinajstić information content (AvgIpc) is 2.28. The van der Waals surface area contributed by atoms with Crippen LogP contribution in [0.25, 0.3) is 0 Å². The molecule has 0 radical (unpaired) electrons. The van der Waals surface area contributed by atoms with Gasteiger partial charge in [-0.3, -0.25) is 4.79 Å². The number of hydrogen-bond donors (Lipinski definition) is 1. The fraction of sp³-hybridized carbons (Fsp3) is 0.917. The summed E-state index contributed by atoms with van der Waals surface area (Å²) in [4.78, 5) is 10.8. The van der Waals surface area contributed by atoms with Crippen LogP contribution in [0.5, 0.6) is 0 Å². The van der Waals surface area contributed by atoms with Crippen LogP contribution in [-0.4, -0.2) is 49.7 Å². The molecular formula is C12H22O5. The van der Waals surface area contributed by atoms with Crippen molar-refractivity contribution in [1.82, 2.24) is 0 Å². The second-order valence-corrected chi connectivity index (χ2v) is 4.62. The average molecular weight is 246 g/mol. The van der Waals surface area contributed by atoms with Gasteiger partial charge in [-0.25, -0.2) is 0 Å². The van der Waals surface area contributed by atoms with Gasteiger partial charge in [-0.2, -0.15) is 0 Å². The molecule has 5 heteroatoms. The SMILES string of the molecule is CO[C@@H]1[C@@H](C)[C@@H](COC(C)=O)O[C@@H](CO)[C@H]1C. The number of carbonyl (C=O) groups is 1. The van der Waals surface area contributed by atoms with Crippen molar-refractivity contribution in [3.63, 3.8) is 0 Å². The van der Waals surface area contributed by atoms with Gasteiger partial charge >= 0.3 is 5.97 Å². The normalized spacial score (nSPS) is 37.8. The van der Waals surface area contributed by atoms with Crippen LogP contribution in [0.1, 0.15) is 20.8 Å². The first kappa shape index (κ1) is 14.4. The monoisotopic (exact) mass is 246 g/mol. The summed E-state index contributed by atoms with van der Waals surface area (Å²) in [5.41, 5.74) is 0. The fourth-order valence-corrected chi connectivity index (χ4v) is 2.40. The minimum Gasteiger partial charge on any atom is -0.463 e. The van der Waals surface area contributed by atoms with Gasteiger partial charge in [0.05, 0.1) is 24.9 Å². The Bertz CT molecular complexity index is 255. The number of carbonyl (C=O) groups excluding carboxylic acids is 1. The van der Waals surface area contributed by atoms with Crippen molar-refractivity contribution in [3.05, 3.63) is 0 Å². The molecule has 0 amide bonds. The molecular weight excluding hydrogens is 224 g/mol. The van der Waals surface area contributed by atoms with Crippen LogP contribution in [0.2, 0.25) is 0 Å². The molecule has 0 bridgehead atoms. The van der Waals surface area contributed by atoms with E-state index in [0.717, 1.165) is 0 Å². The topological polar surface area (TPSA) is 65.0 Å². The van der Waals surface area contributed by atoms with Crippen LogP contribution in [0.4, 0.5) is 0 Å². The molecule has 0 aliphatic carbocycles. The molecule has 0 aromatic rings. The van der Waals surface area contributed by atoms with E-state index < -0.39 is 0 Å². The summed E-state index contributed by atoms with van der Waals surface area (Å²) in [6.45, 7) is 5.53. The van der Waals surface area contributed by atoms with Gasteiger partial charge in [0.2, 0.25) is 0 Å². The Labute approximate surface area is 102 Å². The van der Waals surface area contributed by atoms with Gasteiger partial charge in [-0.15, -0.1) is 0 Å². The highest BCUT2D eigenvalue weighted by Crippen LogP contribution is 2.32. The first-order valence-corrected chi connectivity index (χ1v) is 5.93. The molecule has 1 rings (SSSR count). The van der Waals surface area contributed by atoms with Gasteiger partial charge in [-0.05, 0) is 0 Å². The number of aliphatic hydroxyl groups is 1. The van der Waals surface area contributed by atoms with Gasteiger partial charge in [0.25, 0.3) is 0 Å². The number of methoxy groups -OCH3 is 1. The van der Waals surface area contributed by atoms with E-state index in [9.17, 15) is 9.90 Å². The number of aliphatic hydroxyl groups excluding tert-OH is 1. The maximum Gasteiger partial charge on any atom is 0.302 e. The predicted molar refractivity (Wildman–Crippen MR) is 61.5 cm³/mol. The summed E-state index contributed by atoms with van der Waals surface area (Å²) in [5, 5.41) is 9.27. The molecule has 1 heterocycles. The van der Waals surface area contributed by atoms with Crippen molar-refractivity contribution in [2.45, 2.75) is 39.1 Å². The van der Waals surface area contributed by atoms with E-state index in [0.29, 0.717) is 0 Å². The second-order valence-electron chi connectivity index (χ2n) is 4.62. The van der Waals surface area contributed by atoms with Crippen molar-refractivity contribution in [1.29, 1.82) is 0 Å². The molecule has 1 saturated heterocycles. The zero-order valence-corrected chi connectivity index (χ0v) is 10.9. The highest BCUT2D eigenvalue weighted by Gasteiger charge is 2.41. The molecule has 5 nitrogen and oxygen atoms in total. The fourth-order valence-electron chi connectivity index (χ4n) is 2.40. The third-order valence-corrected chi connectivity index (χ3v) is 3.46. The maximum absolute atomic E-state index is 10.8. The van der Waals surface area contributed by atoms with E-state index in [-0.39, 0.29) is 49.3 Å². The highest BCUT2D eigenvalue weighted by atomic mass is 16.6. The lowest BCUT2D eigenvalue weighted by Gasteiger charge is -2.43. The zero-order chi connectivity index (χ0) is 13.0.